The van der Waals surface area contributed by atoms with E-state index in [1.54, 1.807) is 12.4 Å². The number of carbonyl (C=O) groups excluding carboxylic acids is 1. The van der Waals surface area contributed by atoms with E-state index in [0.29, 0.717) is 36.5 Å². The number of likely N-dealkylation sites (tertiary alicyclic amines) is 1. The van der Waals surface area contributed by atoms with E-state index >= 15 is 0 Å². The Morgan fingerprint density at radius 3 is 2.75 bits per heavy atom. The van der Waals surface area contributed by atoms with E-state index < -0.39 is 0 Å². The van der Waals surface area contributed by atoms with Crippen LogP contribution in [0.25, 0.3) is 0 Å². The van der Waals surface area contributed by atoms with Gasteiger partial charge in [-0.3, -0.25) is 4.79 Å². The van der Waals surface area contributed by atoms with Gasteiger partial charge in [0.1, 0.15) is 0 Å². The predicted octanol–water partition coefficient (Wildman–Crippen LogP) is 2.85. The summed E-state index contributed by atoms with van der Waals surface area (Å²) in [6.07, 6.45) is 5.80. The van der Waals surface area contributed by atoms with E-state index in [0.717, 1.165) is 30.1 Å². The number of pyridine rings is 1. The molecule has 2 aliphatic rings. The van der Waals surface area contributed by atoms with Crippen LogP contribution in [0.3, 0.4) is 0 Å². The van der Waals surface area contributed by atoms with Crippen LogP contribution in [0.4, 0.5) is 5.95 Å². The molecule has 1 saturated heterocycles. The molecule has 148 valence electrons. The molecular weight excluding hydrogens is 354 g/mol. The predicted molar refractivity (Wildman–Crippen MR) is 106 cm³/mol. The van der Waals surface area contributed by atoms with Crippen molar-refractivity contribution in [3.63, 3.8) is 0 Å². The van der Waals surface area contributed by atoms with E-state index in [1.165, 1.54) is 6.42 Å². The first kappa shape index (κ1) is 18.7. The summed E-state index contributed by atoms with van der Waals surface area (Å²) in [7, 11) is 0. The SMILES string of the molecule is CCOc1ccc(C)nc1C(=O)N1C[C@@H]2C[C@@H]2C[C@H]1CNc1ncc(C)cn1. The van der Waals surface area contributed by atoms with Gasteiger partial charge in [-0.2, -0.15) is 0 Å². The summed E-state index contributed by atoms with van der Waals surface area (Å²) >= 11 is 0. The molecule has 0 spiro atoms. The molecule has 0 radical (unpaired) electrons. The molecule has 2 aromatic rings. The Bertz CT molecular complexity index is 854. The summed E-state index contributed by atoms with van der Waals surface area (Å²) in [6, 6.07) is 3.82. The van der Waals surface area contributed by atoms with E-state index in [1.807, 2.05) is 37.8 Å². The molecule has 3 atom stereocenters. The molecule has 7 heteroatoms. The van der Waals surface area contributed by atoms with Gasteiger partial charge in [0.05, 0.1) is 6.61 Å². The fourth-order valence-electron chi connectivity index (χ4n) is 3.94. The number of nitrogens with zero attached hydrogens (tertiary/aromatic N) is 4. The van der Waals surface area contributed by atoms with Crippen molar-refractivity contribution in [1.82, 2.24) is 19.9 Å². The van der Waals surface area contributed by atoms with Gasteiger partial charge in [-0.05, 0) is 63.1 Å². The van der Waals surface area contributed by atoms with Gasteiger partial charge in [0.25, 0.3) is 5.91 Å². The Morgan fingerprint density at radius 2 is 2.00 bits per heavy atom. The molecule has 7 nitrogen and oxygen atoms in total. The minimum absolute atomic E-state index is 0.0471. The van der Waals surface area contributed by atoms with Gasteiger partial charge >= 0.3 is 0 Å². The molecule has 2 fully saturated rings. The molecule has 0 bridgehead atoms. The highest BCUT2D eigenvalue weighted by molar-refractivity contribution is 5.95. The smallest absolute Gasteiger partial charge is 0.276 e. The minimum atomic E-state index is -0.0471. The third kappa shape index (κ3) is 3.93. The lowest BCUT2D eigenvalue weighted by molar-refractivity contribution is 0.0605. The fraction of sp³-hybridized carbons (Fsp3) is 0.524. The average molecular weight is 381 g/mol. The summed E-state index contributed by atoms with van der Waals surface area (Å²) < 4.78 is 5.67. The Kier molecular flexibility index (Phi) is 5.15. The molecule has 1 N–H and O–H groups in total. The normalized spacial score (nSPS) is 23.1. The fourth-order valence-corrected chi connectivity index (χ4v) is 3.94. The van der Waals surface area contributed by atoms with Crippen LogP contribution in [-0.4, -0.2) is 51.5 Å². The van der Waals surface area contributed by atoms with Crippen molar-refractivity contribution in [2.75, 3.05) is 25.0 Å². The van der Waals surface area contributed by atoms with E-state index in [4.69, 9.17) is 4.74 Å². The van der Waals surface area contributed by atoms with Gasteiger partial charge in [0, 0.05) is 37.2 Å². The first-order valence-corrected chi connectivity index (χ1v) is 9.99. The highest BCUT2D eigenvalue weighted by Crippen LogP contribution is 2.47. The number of ether oxygens (including phenoxy) is 1. The van der Waals surface area contributed by atoms with Crippen molar-refractivity contribution in [2.24, 2.45) is 11.8 Å². The summed E-state index contributed by atoms with van der Waals surface area (Å²) in [5.41, 5.74) is 2.25. The standard InChI is InChI=1S/C21H27N5O2/c1-4-28-18-6-5-14(3)25-19(18)20(27)26-12-16-7-15(16)8-17(26)11-24-21-22-9-13(2)10-23-21/h5-6,9-10,15-17H,4,7-8,11-12H2,1-3H3,(H,22,23,24)/t15-,16+,17+/m1/s1. The van der Waals surface area contributed by atoms with Gasteiger partial charge in [-0.25, -0.2) is 15.0 Å². The Labute approximate surface area is 165 Å². The number of nitrogens with one attached hydrogen (secondary N) is 1. The highest BCUT2D eigenvalue weighted by Gasteiger charge is 2.47. The molecule has 4 rings (SSSR count). The van der Waals surface area contributed by atoms with Gasteiger partial charge in [-0.1, -0.05) is 0 Å². The van der Waals surface area contributed by atoms with Crippen molar-refractivity contribution in [2.45, 2.75) is 39.7 Å². The van der Waals surface area contributed by atoms with Gasteiger partial charge in [-0.15, -0.1) is 0 Å². The Morgan fingerprint density at radius 1 is 1.21 bits per heavy atom. The van der Waals surface area contributed by atoms with Crippen molar-refractivity contribution < 1.29 is 9.53 Å². The van der Waals surface area contributed by atoms with Crippen LogP contribution in [0.1, 0.15) is 41.5 Å². The van der Waals surface area contributed by atoms with E-state index in [2.05, 4.69) is 20.3 Å². The minimum Gasteiger partial charge on any atom is -0.491 e. The largest absolute Gasteiger partial charge is 0.491 e. The summed E-state index contributed by atoms with van der Waals surface area (Å²) in [5.74, 6) is 2.46. The zero-order chi connectivity index (χ0) is 19.7. The number of aromatic nitrogens is 3. The van der Waals surface area contributed by atoms with Crippen LogP contribution in [0.5, 0.6) is 5.75 Å². The molecule has 1 saturated carbocycles. The molecule has 3 heterocycles. The van der Waals surface area contributed by atoms with Crippen molar-refractivity contribution in [3.8, 4) is 5.75 Å². The van der Waals surface area contributed by atoms with Crippen LogP contribution in [0, 0.1) is 25.7 Å². The van der Waals surface area contributed by atoms with Crippen LogP contribution in [0.15, 0.2) is 24.5 Å². The lowest BCUT2D eigenvalue weighted by Crippen LogP contribution is -2.48. The lowest BCUT2D eigenvalue weighted by atomic mass is 10.0. The molecule has 28 heavy (non-hydrogen) atoms. The number of piperidine rings is 1. The molecule has 2 aromatic heterocycles. The number of amides is 1. The molecule has 1 aliphatic heterocycles. The molecule has 0 unspecified atom stereocenters. The number of fused-ring (bicyclic) bond motifs is 1. The number of hydrogen-bond donors (Lipinski definition) is 1. The van der Waals surface area contributed by atoms with Crippen LogP contribution in [0.2, 0.25) is 0 Å². The van der Waals surface area contributed by atoms with E-state index in [-0.39, 0.29) is 11.9 Å². The van der Waals surface area contributed by atoms with Gasteiger partial charge in [0.2, 0.25) is 5.95 Å². The maximum absolute atomic E-state index is 13.4. The highest BCUT2D eigenvalue weighted by atomic mass is 16.5. The lowest BCUT2D eigenvalue weighted by Gasteiger charge is -2.35. The Balaban J connectivity index is 1.53. The molecule has 1 amide bonds. The number of carbonyl (C=O) groups is 1. The second-order valence-corrected chi connectivity index (χ2v) is 7.80. The first-order valence-electron chi connectivity index (χ1n) is 9.99. The number of aryl methyl sites for hydroxylation is 2. The van der Waals surface area contributed by atoms with Crippen LogP contribution < -0.4 is 10.1 Å². The number of anilines is 1. The number of rotatable bonds is 6. The molecule has 1 aliphatic carbocycles. The summed E-state index contributed by atoms with van der Waals surface area (Å²) in [6.45, 7) is 7.69. The van der Waals surface area contributed by atoms with Crippen molar-refractivity contribution in [3.05, 3.63) is 41.5 Å². The quantitative estimate of drug-likeness (QED) is 0.829. The molecule has 0 aromatic carbocycles. The van der Waals surface area contributed by atoms with Crippen LogP contribution in [-0.2, 0) is 0 Å². The zero-order valence-corrected chi connectivity index (χ0v) is 16.7. The zero-order valence-electron chi connectivity index (χ0n) is 16.7. The van der Waals surface area contributed by atoms with Crippen molar-refractivity contribution in [1.29, 1.82) is 0 Å². The summed E-state index contributed by atoms with van der Waals surface area (Å²) in [4.78, 5) is 28.5. The monoisotopic (exact) mass is 381 g/mol. The maximum atomic E-state index is 13.4. The second kappa shape index (κ2) is 7.73. The topological polar surface area (TPSA) is 80.2 Å². The third-order valence-electron chi connectivity index (χ3n) is 5.55. The van der Waals surface area contributed by atoms with Crippen LogP contribution >= 0.6 is 0 Å². The third-order valence-corrected chi connectivity index (χ3v) is 5.55. The second-order valence-electron chi connectivity index (χ2n) is 7.80. The first-order chi connectivity index (χ1) is 13.5. The van der Waals surface area contributed by atoms with Crippen molar-refractivity contribution >= 4 is 11.9 Å². The van der Waals surface area contributed by atoms with Gasteiger partial charge < -0.3 is 15.0 Å². The summed E-state index contributed by atoms with van der Waals surface area (Å²) in [5, 5.41) is 3.30. The molecular formula is C21H27N5O2. The Hall–Kier alpha value is -2.70. The van der Waals surface area contributed by atoms with E-state index in [9.17, 15) is 4.79 Å². The maximum Gasteiger partial charge on any atom is 0.276 e. The average Bonchev–Trinajstić information content (AvgIpc) is 3.46. The number of hydrogen-bond acceptors (Lipinski definition) is 6. The van der Waals surface area contributed by atoms with Gasteiger partial charge in [0.15, 0.2) is 11.4 Å².